The van der Waals surface area contributed by atoms with Crippen LogP contribution in [0.15, 0.2) is 30.3 Å². The summed E-state index contributed by atoms with van der Waals surface area (Å²) in [6.45, 7) is 3.37. The number of hydrogen-bond donors (Lipinski definition) is 1. The summed E-state index contributed by atoms with van der Waals surface area (Å²) >= 11 is 0. The summed E-state index contributed by atoms with van der Waals surface area (Å²) < 4.78 is 5.37. The number of benzene rings is 1. The molecule has 0 aromatic heterocycles. The van der Waals surface area contributed by atoms with Crippen molar-refractivity contribution in [3.63, 3.8) is 0 Å². The second-order valence-corrected chi connectivity index (χ2v) is 6.11. The molecule has 2 rings (SSSR count). The minimum absolute atomic E-state index is 0.0811. The monoisotopic (exact) mass is 348 g/mol. The van der Waals surface area contributed by atoms with Gasteiger partial charge in [-0.25, -0.2) is 0 Å². The van der Waals surface area contributed by atoms with Crippen LogP contribution in [-0.4, -0.2) is 65.0 Å². The van der Waals surface area contributed by atoms with Crippen molar-refractivity contribution < 1.29 is 24.2 Å². The predicted octanol–water partition coefficient (Wildman–Crippen LogP) is 1.13. The Morgan fingerprint density at radius 2 is 2.00 bits per heavy atom. The fraction of sp³-hybridized carbons (Fsp3) is 0.500. The Morgan fingerprint density at radius 1 is 1.28 bits per heavy atom. The van der Waals surface area contributed by atoms with Gasteiger partial charge in [-0.15, -0.1) is 0 Å². The number of amides is 2. The largest absolute Gasteiger partial charge is 0.481 e. The molecule has 1 aromatic rings. The van der Waals surface area contributed by atoms with Crippen LogP contribution in [0, 0.1) is 0 Å². The number of carboxylic acid groups (broad SMARTS) is 1. The van der Waals surface area contributed by atoms with E-state index in [0.717, 1.165) is 5.56 Å². The van der Waals surface area contributed by atoms with Crippen molar-refractivity contribution in [2.24, 2.45) is 0 Å². The molecule has 0 bridgehead atoms. The van der Waals surface area contributed by atoms with Crippen LogP contribution in [0.4, 0.5) is 0 Å². The first kappa shape index (κ1) is 18.9. The van der Waals surface area contributed by atoms with Crippen LogP contribution >= 0.6 is 0 Å². The van der Waals surface area contributed by atoms with Gasteiger partial charge in [0.2, 0.25) is 11.8 Å². The number of hydrogen-bond acceptors (Lipinski definition) is 4. The minimum Gasteiger partial charge on any atom is -0.481 e. The summed E-state index contributed by atoms with van der Waals surface area (Å²) in [6, 6.07) is 9.62. The molecule has 0 saturated carbocycles. The van der Waals surface area contributed by atoms with Crippen LogP contribution in [0.2, 0.25) is 0 Å². The smallest absolute Gasteiger partial charge is 0.306 e. The van der Waals surface area contributed by atoms with E-state index in [1.807, 2.05) is 30.3 Å². The first-order valence-corrected chi connectivity index (χ1v) is 8.36. The summed E-state index contributed by atoms with van der Waals surface area (Å²) in [7, 11) is 0. The first-order chi connectivity index (χ1) is 12.0. The van der Waals surface area contributed by atoms with Gasteiger partial charge < -0.3 is 19.6 Å². The highest BCUT2D eigenvalue weighted by molar-refractivity contribution is 5.78. The highest BCUT2D eigenvalue weighted by atomic mass is 16.5. The summed E-state index contributed by atoms with van der Waals surface area (Å²) in [5.41, 5.74) is 1.01. The normalized spacial score (nSPS) is 17.2. The quantitative estimate of drug-likeness (QED) is 0.798. The third-order valence-electron chi connectivity index (χ3n) is 4.15. The number of carbonyl (C=O) groups excluding carboxylic acids is 2. The second-order valence-electron chi connectivity index (χ2n) is 6.11. The maximum Gasteiger partial charge on any atom is 0.306 e. The van der Waals surface area contributed by atoms with Gasteiger partial charge in [-0.2, -0.15) is 0 Å². The lowest BCUT2D eigenvalue weighted by Gasteiger charge is -2.33. The minimum atomic E-state index is -0.940. The Kier molecular flexibility index (Phi) is 6.94. The van der Waals surface area contributed by atoms with Crippen molar-refractivity contribution in [3.05, 3.63) is 35.9 Å². The van der Waals surface area contributed by atoms with E-state index in [1.54, 1.807) is 9.80 Å². The molecular weight excluding hydrogens is 324 g/mol. The Labute approximate surface area is 147 Å². The molecule has 0 aliphatic carbocycles. The number of aliphatic carboxylic acids is 1. The molecule has 0 unspecified atom stereocenters. The standard InChI is InChI=1S/C18H24N2O5/c1-14(21)19(12-15-5-3-2-4-6-15)8-7-17(22)20-9-10-25-16(13-20)11-18(23)24/h2-6,16H,7-13H2,1H3,(H,23,24)/t16-/m1/s1. The van der Waals surface area contributed by atoms with E-state index >= 15 is 0 Å². The average molecular weight is 348 g/mol. The molecule has 1 fully saturated rings. The van der Waals surface area contributed by atoms with Crippen LogP contribution in [0.25, 0.3) is 0 Å². The zero-order chi connectivity index (χ0) is 18.2. The molecule has 7 heteroatoms. The van der Waals surface area contributed by atoms with Crippen LogP contribution in [-0.2, 0) is 25.7 Å². The molecule has 1 aromatic carbocycles. The fourth-order valence-electron chi connectivity index (χ4n) is 2.80. The fourth-order valence-corrected chi connectivity index (χ4v) is 2.80. The highest BCUT2D eigenvalue weighted by Crippen LogP contribution is 2.11. The molecule has 2 amide bonds. The van der Waals surface area contributed by atoms with Gasteiger partial charge in [0.05, 0.1) is 19.1 Å². The zero-order valence-corrected chi connectivity index (χ0v) is 14.4. The third-order valence-corrected chi connectivity index (χ3v) is 4.15. The van der Waals surface area contributed by atoms with Gasteiger partial charge in [-0.1, -0.05) is 30.3 Å². The van der Waals surface area contributed by atoms with Crippen LogP contribution < -0.4 is 0 Å². The molecule has 25 heavy (non-hydrogen) atoms. The number of ether oxygens (including phenoxy) is 1. The summed E-state index contributed by atoms with van der Waals surface area (Å²) in [5.74, 6) is -1.11. The van der Waals surface area contributed by atoms with Crippen LogP contribution in [0.1, 0.15) is 25.3 Å². The summed E-state index contributed by atoms with van der Waals surface area (Å²) in [5, 5.41) is 8.84. The van der Waals surface area contributed by atoms with E-state index in [2.05, 4.69) is 0 Å². The van der Waals surface area contributed by atoms with Gasteiger partial charge in [-0.05, 0) is 5.56 Å². The van der Waals surface area contributed by atoms with E-state index in [1.165, 1.54) is 6.92 Å². The van der Waals surface area contributed by atoms with Gasteiger partial charge >= 0.3 is 5.97 Å². The first-order valence-electron chi connectivity index (χ1n) is 8.36. The Morgan fingerprint density at radius 3 is 2.64 bits per heavy atom. The van der Waals surface area contributed by atoms with Crippen molar-refractivity contribution in [2.45, 2.75) is 32.4 Å². The molecule has 1 heterocycles. The topological polar surface area (TPSA) is 87.2 Å². The number of nitrogens with zero attached hydrogens (tertiary/aromatic N) is 2. The van der Waals surface area contributed by atoms with Gasteiger partial charge in [-0.3, -0.25) is 14.4 Å². The molecule has 1 aliphatic heterocycles. The maximum atomic E-state index is 12.4. The molecule has 7 nitrogen and oxygen atoms in total. The van der Waals surface area contributed by atoms with Crippen LogP contribution in [0.3, 0.4) is 0 Å². The Bertz CT molecular complexity index is 605. The van der Waals surface area contributed by atoms with Crippen molar-refractivity contribution in [1.82, 2.24) is 9.80 Å². The van der Waals surface area contributed by atoms with Gasteiger partial charge in [0.25, 0.3) is 0 Å². The number of carbonyl (C=O) groups is 3. The lowest BCUT2D eigenvalue weighted by atomic mass is 10.2. The Balaban J connectivity index is 1.86. The van der Waals surface area contributed by atoms with E-state index in [-0.39, 0.29) is 31.2 Å². The van der Waals surface area contributed by atoms with Crippen molar-refractivity contribution in [1.29, 1.82) is 0 Å². The van der Waals surface area contributed by atoms with Gasteiger partial charge in [0.15, 0.2) is 0 Å². The maximum absolute atomic E-state index is 12.4. The van der Waals surface area contributed by atoms with E-state index in [9.17, 15) is 14.4 Å². The molecule has 1 atom stereocenters. The van der Waals surface area contributed by atoms with Crippen molar-refractivity contribution >= 4 is 17.8 Å². The van der Waals surface area contributed by atoms with Crippen molar-refractivity contribution in [2.75, 3.05) is 26.2 Å². The average Bonchev–Trinajstić information content (AvgIpc) is 2.58. The second kappa shape index (κ2) is 9.17. The number of carboxylic acids is 1. The number of morpholine rings is 1. The molecule has 1 saturated heterocycles. The van der Waals surface area contributed by atoms with E-state index < -0.39 is 12.1 Å². The molecule has 1 aliphatic rings. The molecule has 0 radical (unpaired) electrons. The van der Waals surface area contributed by atoms with Crippen LogP contribution in [0.5, 0.6) is 0 Å². The Hall–Kier alpha value is -2.41. The molecule has 136 valence electrons. The van der Waals surface area contributed by atoms with Crippen molar-refractivity contribution in [3.8, 4) is 0 Å². The molecule has 1 N–H and O–H groups in total. The molecule has 0 spiro atoms. The third kappa shape index (κ3) is 6.19. The van der Waals surface area contributed by atoms with E-state index in [0.29, 0.717) is 26.2 Å². The highest BCUT2D eigenvalue weighted by Gasteiger charge is 2.26. The zero-order valence-electron chi connectivity index (χ0n) is 14.4. The molecular formula is C18H24N2O5. The lowest BCUT2D eigenvalue weighted by Crippen LogP contribution is -2.47. The number of rotatable bonds is 7. The lowest BCUT2D eigenvalue weighted by molar-refractivity contribution is -0.148. The summed E-state index contributed by atoms with van der Waals surface area (Å²) in [6.07, 6.45) is -0.368. The van der Waals surface area contributed by atoms with Gasteiger partial charge in [0, 0.05) is 39.5 Å². The predicted molar refractivity (Wildman–Crippen MR) is 90.7 cm³/mol. The van der Waals surface area contributed by atoms with Gasteiger partial charge in [0.1, 0.15) is 0 Å². The SMILES string of the molecule is CC(=O)N(CCC(=O)N1CCO[C@H](CC(=O)O)C1)Cc1ccccc1. The van der Waals surface area contributed by atoms with E-state index in [4.69, 9.17) is 9.84 Å². The summed E-state index contributed by atoms with van der Waals surface area (Å²) in [4.78, 5) is 38.3.